The first-order valence-corrected chi connectivity index (χ1v) is 12.7. The topological polar surface area (TPSA) is 86.1 Å². The molecule has 1 amide bonds. The summed E-state index contributed by atoms with van der Waals surface area (Å²) in [6, 6.07) is 0. The van der Waals surface area contributed by atoms with E-state index in [9.17, 15) is 9.59 Å². The second-order valence-electron chi connectivity index (χ2n) is 7.84. The predicted octanol–water partition coefficient (Wildman–Crippen LogP) is 4.58. The van der Waals surface area contributed by atoms with Crippen molar-refractivity contribution >= 4 is 40.0 Å². The van der Waals surface area contributed by atoms with Crippen LogP contribution in [0.4, 0.5) is 5.00 Å². The Morgan fingerprint density at radius 2 is 2.10 bits per heavy atom. The van der Waals surface area contributed by atoms with Crippen LogP contribution in [-0.2, 0) is 28.9 Å². The highest BCUT2D eigenvalue weighted by Crippen LogP contribution is 2.40. The van der Waals surface area contributed by atoms with Crippen molar-refractivity contribution in [2.75, 3.05) is 17.7 Å². The fraction of sp³-hybridized carbons (Fsp3) is 0.545. The summed E-state index contributed by atoms with van der Waals surface area (Å²) in [6.45, 7) is 6.57. The third-order valence-electron chi connectivity index (χ3n) is 5.49. The van der Waals surface area contributed by atoms with Crippen LogP contribution in [0, 0.1) is 0 Å². The number of hydrogen-bond acceptors (Lipinski definition) is 7. The van der Waals surface area contributed by atoms with E-state index in [1.165, 1.54) is 28.0 Å². The van der Waals surface area contributed by atoms with Crippen molar-refractivity contribution in [3.8, 4) is 0 Å². The van der Waals surface area contributed by atoms with Gasteiger partial charge >= 0.3 is 5.97 Å². The normalized spacial score (nSPS) is 15.8. The molecular formula is C22H28N4O3S2. The summed E-state index contributed by atoms with van der Waals surface area (Å²) in [4.78, 5) is 26.6. The van der Waals surface area contributed by atoms with Gasteiger partial charge in [0, 0.05) is 17.3 Å². The zero-order valence-electron chi connectivity index (χ0n) is 17.8. The van der Waals surface area contributed by atoms with Gasteiger partial charge in [0.1, 0.15) is 10.8 Å². The summed E-state index contributed by atoms with van der Waals surface area (Å²) in [7, 11) is 0. The summed E-state index contributed by atoms with van der Waals surface area (Å²) >= 11 is 2.88. The quantitative estimate of drug-likeness (QED) is 0.255. The molecule has 0 unspecified atom stereocenters. The van der Waals surface area contributed by atoms with Gasteiger partial charge in [-0.15, -0.1) is 28.1 Å². The number of amides is 1. The fourth-order valence-electron chi connectivity index (χ4n) is 3.89. The average Bonchev–Trinajstić information content (AvgIpc) is 3.48. The predicted molar refractivity (Wildman–Crippen MR) is 123 cm³/mol. The first-order chi connectivity index (χ1) is 15.1. The molecule has 31 heavy (non-hydrogen) atoms. The number of ether oxygens (including phenoxy) is 1. The van der Waals surface area contributed by atoms with Gasteiger partial charge < -0.3 is 14.6 Å². The molecule has 9 heteroatoms. The maximum Gasteiger partial charge on any atom is 0.341 e. The molecule has 2 aliphatic rings. The molecule has 0 atom stereocenters. The molecule has 4 rings (SSSR count). The summed E-state index contributed by atoms with van der Waals surface area (Å²) in [5, 5.41) is 12.9. The molecular weight excluding hydrogens is 432 g/mol. The number of aryl methyl sites for hydroxylation is 1. The van der Waals surface area contributed by atoms with E-state index in [-0.39, 0.29) is 17.6 Å². The van der Waals surface area contributed by atoms with Crippen LogP contribution in [0.25, 0.3) is 0 Å². The van der Waals surface area contributed by atoms with Crippen molar-refractivity contribution in [1.29, 1.82) is 0 Å². The largest absolute Gasteiger partial charge is 0.462 e. The van der Waals surface area contributed by atoms with Crippen LogP contribution in [0.1, 0.15) is 71.6 Å². The summed E-state index contributed by atoms with van der Waals surface area (Å²) < 4.78 is 7.34. The van der Waals surface area contributed by atoms with Gasteiger partial charge in [0.2, 0.25) is 5.91 Å². The number of anilines is 1. The minimum atomic E-state index is -0.343. The number of allylic oxidation sites excluding steroid dienone is 1. The molecule has 2 aromatic rings. The maximum absolute atomic E-state index is 12.8. The van der Waals surface area contributed by atoms with E-state index in [1.807, 2.05) is 10.6 Å². The van der Waals surface area contributed by atoms with Gasteiger partial charge in [-0.25, -0.2) is 4.79 Å². The van der Waals surface area contributed by atoms with Crippen molar-refractivity contribution in [2.45, 2.75) is 69.5 Å². The first kappa shape index (κ1) is 22.1. The lowest BCUT2D eigenvalue weighted by atomic mass is 10.1. The molecule has 2 aromatic heterocycles. The van der Waals surface area contributed by atoms with Gasteiger partial charge in [-0.2, -0.15) is 0 Å². The second-order valence-corrected chi connectivity index (χ2v) is 9.89. The third kappa shape index (κ3) is 5.03. The van der Waals surface area contributed by atoms with E-state index in [0.717, 1.165) is 61.5 Å². The number of carbonyl (C=O) groups is 2. The standard InChI is InChI=1S/C22H28N4O3S2/c1-3-12-26-19(14-10-11-14)24-25-22(26)30-13-17(27)23-20-18(21(28)29-4-2)15-8-6-5-7-9-16(15)31-20/h3,14H,1,4-13H2,2H3,(H,23,27). The van der Waals surface area contributed by atoms with E-state index in [2.05, 4.69) is 22.1 Å². The second kappa shape index (κ2) is 9.99. The zero-order chi connectivity index (χ0) is 21.8. The number of rotatable bonds is 9. The number of carbonyl (C=O) groups excluding carboxylic acids is 2. The Labute approximate surface area is 190 Å². The zero-order valence-corrected chi connectivity index (χ0v) is 19.4. The molecule has 0 radical (unpaired) electrons. The van der Waals surface area contributed by atoms with E-state index in [1.54, 1.807) is 6.92 Å². The minimum Gasteiger partial charge on any atom is -0.462 e. The van der Waals surface area contributed by atoms with Crippen LogP contribution in [0.2, 0.25) is 0 Å². The molecule has 1 fully saturated rings. The van der Waals surface area contributed by atoms with Crippen molar-refractivity contribution < 1.29 is 14.3 Å². The van der Waals surface area contributed by atoms with Crippen LogP contribution >= 0.6 is 23.1 Å². The Morgan fingerprint density at radius 1 is 1.29 bits per heavy atom. The number of nitrogens with one attached hydrogen (secondary N) is 1. The molecule has 0 aliphatic heterocycles. The Morgan fingerprint density at radius 3 is 2.84 bits per heavy atom. The van der Waals surface area contributed by atoms with E-state index >= 15 is 0 Å². The van der Waals surface area contributed by atoms with Gasteiger partial charge in [0.15, 0.2) is 5.16 Å². The Bertz CT molecular complexity index is 978. The number of thiophene rings is 1. The number of nitrogens with zero attached hydrogens (tertiary/aromatic N) is 3. The monoisotopic (exact) mass is 460 g/mol. The number of hydrogen-bond donors (Lipinski definition) is 1. The first-order valence-electron chi connectivity index (χ1n) is 10.9. The number of esters is 1. The molecule has 0 bridgehead atoms. The third-order valence-corrected chi connectivity index (χ3v) is 7.66. The van der Waals surface area contributed by atoms with Gasteiger partial charge in [-0.3, -0.25) is 4.79 Å². The van der Waals surface area contributed by atoms with Gasteiger partial charge in [-0.1, -0.05) is 24.3 Å². The van der Waals surface area contributed by atoms with Crippen LogP contribution in [0.5, 0.6) is 0 Å². The lowest BCUT2D eigenvalue weighted by Crippen LogP contribution is -2.17. The minimum absolute atomic E-state index is 0.159. The molecule has 7 nitrogen and oxygen atoms in total. The smallest absolute Gasteiger partial charge is 0.341 e. The molecule has 2 aliphatic carbocycles. The van der Waals surface area contributed by atoms with Crippen LogP contribution in [0.3, 0.4) is 0 Å². The Balaban J connectivity index is 1.47. The number of aromatic nitrogens is 3. The molecule has 2 heterocycles. The number of thioether (sulfide) groups is 1. The van der Waals surface area contributed by atoms with Crippen molar-refractivity contribution in [3.63, 3.8) is 0 Å². The lowest BCUT2D eigenvalue weighted by Gasteiger charge is -2.09. The highest BCUT2D eigenvalue weighted by Gasteiger charge is 2.30. The molecule has 1 N–H and O–H groups in total. The van der Waals surface area contributed by atoms with Crippen LogP contribution < -0.4 is 5.32 Å². The van der Waals surface area contributed by atoms with Crippen LogP contribution in [-0.4, -0.2) is 39.0 Å². The summed E-state index contributed by atoms with van der Waals surface area (Å²) in [5.41, 5.74) is 1.61. The number of fused-ring (bicyclic) bond motifs is 1. The molecule has 0 saturated heterocycles. The maximum atomic E-state index is 12.8. The fourth-order valence-corrected chi connectivity index (χ4v) is 5.94. The highest BCUT2D eigenvalue weighted by atomic mass is 32.2. The van der Waals surface area contributed by atoms with Gasteiger partial charge in [0.05, 0.1) is 17.9 Å². The van der Waals surface area contributed by atoms with Crippen molar-refractivity contribution in [2.24, 2.45) is 0 Å². The van der Waals surface area contributed by atoms with Crippen molar-refractivity contribution in [1.82, 2.24) is 14.8 Å². The lowest BCUT2D eigenvalue weighted by molar-refractivity contribution is -0.113. The van der Waals surface area contributed by atoms with Gasteiger partial charge in [0.25, 0.3) is 0 Å². The summed E-state index contributed by atoms with van der Waals surface area (Å²) in [6.07, 6.45) is 9.24. The van der Waals surface area contributed by atoms with E-state index in [4.69, 9.17) is 4.74 Å². The van der Waals surface area contributed by atoms with Gasteiger partial charge in [-0.05, 0) is 51.0 Å². The van der Waals surface area contributed by atoms with Crippen LogP contribution in [0.15, 0.2) is 17.8 Å². The molecule has 0 spiro atoms. The molecule has 0 aromatic carbocycles. The highest BCUT2D eigenvalue weighted by molar-refractivity contribution is 7.99. The van der Waals surface area contributed by atoms with E-state index in [0.29, 0.717) is 29.6 Å². The van der Waals surface area contributed by atoms with E-state index < -0.39 is 0 Å². The summed E-state index contributed by atoms with van der Waals surface area (Å²) in [5.74, 6) is 1.15. The van der Waals surface area contributed by atoms with Crippen molar-refractivity contribution in [3.05, 3.63) is 34.5 Å². The molecule has 1 saturated carbocycles. The molecule has 166 valence electrons. The average molecular weight is 461 g/mol. The Hall–Kier alpha value is -2.13. The Kier molecular flexibility index (Phi) is 7.12. The SMILES string of the molecule is C=CCn1c(SCC(=O)Nc2sc3c(c2C(=O)OCC)CCCCC3)nnc1C1CC1.